The summed E-state index contributed by atoms with van der Waals surface area (Å²) in [7, 11) is 1.83. The van der Waals surface area contributed by atoms with Crippen LogP contribution in [0.4, 0.5) is 5.82 Å². The van der Waals surface area contributed by atoms with Gasteiger partial charge in [0.25, 0.3) is 0 Å². The van der Waals surface area contributed by atoms with Gasteiger partial charge in [-0.15, -0.1) is 0 Å². The number of benzene rings is 1. The Hall–Kier alpha value is -1.48. The number of halogens is 1. The van der Waals surface area contributed by atoms with Gasteiger partial charge in [0.1, 0.15) is 5.82 Å². The predicted octanol–water partition coefficient (Wildman–Crippen LogP) is 2.77. The van der Waals surface area contributed by atoms with E-state index in [-0.39, 0.29) is 0 Å². The first kappa shape index (κ1) is 9.09. The molecule has 4 heteroatoms. The summed E-state index contributed by atoms with van der Waals surface area (Å²) in [5.41, 5.74) is 1.99. The summed E-state index contributed by atoms with van der Waals surface area (Å²) < 4.78 is 0. The molecule has 0 amide bonds. The van der Waals surface area contributed by atoms with E-state index in [4.69, 9.17) is 11.6 Å². The van der Waals surface area contributed by atoms with Crippen molar-refractivity contribution in [3.05, 3.63) is 35.4 Å². The molecule has 1 aromatic carbocycles. The lowest BCUT2D eigenvalue weighted by atomic mass is 10.1. The Morgan fingerprint density at radius 3 is 2.86 bits per heavy atom. The third-order valence-electron chi connectivity index (χ3n) is 1.97. The molecule has 1 heterocycles. The monoisotopic (exact) mass is 207 g/mol. The highest BCUT2D eigenvalue weighted by molar-refractivity contribution is 6.30. The molecule has 0 aliphatic heterocycles. The molecule has 0 aliphatic carbocycles. The van der Waals surface area contributed by atoms with Gasteiger partial charge in [0.05, 0.1) is 5.69 Å². The fourth-order valence-electron chi connectivity index (χ4n) is 1.25. The maximum Gasteiger partial charge on any atom is 0.148 e. The van der Waals surface area contributed by atoms with Gasteiger partial charge >= 0.3 is 0 Å². The molecule has 14 heavy (non-hydrogen) atoms. The Kier molecular flexibility index (Phi) is 2.41. The Morgan fingerprint density at radius 2 is 2.21 bits per heavy atom. The molecule has 0 atom stereocenters. The molecule has 0 radical (unpaired) electrons. The number of nitrogens with one attached hydrogen (secondary N) is 2. The molecule has 2 aromatic rings. The standard InChI is InChI=1S/C10H10ClN3/c1-12-10-6-9(13-14-10)7-3-2-4-8(11)5-7/h2-6H,1H3,(H2,12,13,14). The molecule has 72 valence electrons. The second kappa shape index (κ2) is 3.72. The molecule has 0 spiro atoms. The number of aromatic nitrogens is 2. The molecule has 0 saturated heterocycles. The van der Waals surface area contributed by atoms with Crippen LogP contribution in [0.1, 0.15) is 0 Å². The second-order valence-corrected chi connectivity index (χ2v) is 3.36. The smallest absolute Gasteiger partial charge is 0.148 e. The highest BCUT2D eigenvalue weighted by Crippen LogP contribution is 2.22. The maximum absolute atomic E-state index is 5.89. The van der Waals surface area contributed by atoms with Crippen molar-refractivity contribution in [2.45, 2.75) is 0 Å². The fourth-order valence-corrected chi connectivity index (χ4v) is 1.44. The van der Waals surface area contributed by atoms with E-state index in [1.807, 2.05) is 37.4 Å². The summed E-state index contributed by atoms with van der Waals surface area (Å²) in [6.07, 6.45) is 0. The zero-order valence-electron chi connectivity index (χ0n) is 7.71. The van der Waals surface area contributed by atoms with Crippen LogP contribution in [0.3, 0.4) is 0 Å². The molecule has 0 unspecified atom stereocenters. The Labute approximate surface area is 87.1 Å². The molecule has 2 N–H and O–H groups in total. The van der Waals surface area contributed by atoms with Crippen LogP contribution >= 0.6 is 11.6 Å². The number of hydrogen-bond acceptors (Lipinski definition) is 2. The number of rotatable bonds is 2. The van der Waals surface area contributed by atoms with Crippen molar-refractivity contribution in [1.82, 2.24) is 10.2 Å². The number of anilines is 1. The van der Waals surface area contributed by atoms with Crippen LogP contribution < -0.4 is 5.32 Å². The van der Waals surface area contributed by atoms with Crippen LogP contribution in [-0.4, -0.2) is 17.2 Å². The van der Waals surface area contributed by atoms with E-state index < -0.39 is 0 Å². The van der Waals surface area contributed by atoms with Gasteiger partial charge in [0.2, 0.25) is 0 Å². The van der Waals surface area contributed by atoms with E-state index in [1.54, 1.807) is 0 Å². The summed E-state index contributed by atoms with van der Waals surface area (Å²) in [4.78, 5) is 0. The van der Waals surface area contributed by atoms with E-state index in [2.05, 4.69) is 15.5 Å². The Balaban J connectivity index is 2.39. The highest BCUT2D eigenvalue weighted by atomic mass is 35.5. The number of nitrogens with zero attached hydrogens (tertiary/aromatic N) is 1. The first-order chi connectivity index (χ1) is 6.79. The minimum absolute atomic E-state index is 0.725. The molecule has 2 rings (SSSR count). The minimum atomic E-state index is 0.725. The van der Waals surface area contributed by atoms with Crippen molar-refractivity contribution >= 4 is 17.4 Å². The molecule has 3 nitrogen and oxygen atoms in total. The van der Waals surface area contributed by atoms with Crippen molar-refractivity contribution < 1.29 is 0 Å². The highest BCUT2D eigenvalue weighted by Gasteiger charge is 2.02. The van der Waals surface area contributed by atoms with E-state index in [1.165, 1.54) is 0 Å². The van der Waals surface area contributed by atoms with Gasteiger partial charge in [0, 0.05) is 23.7 Å². The van der Waals surface area contributed by atoms with Gasteiger partial charge in [-0.25, -0.2) is 0 Å². The molecule has 0 bridgehead atoms. The van der Waals surface area contributed by atoms with E-state index in [0.717, 1.165) is 22.1 Å². The molecule has 0 aliphatic rings. The Morgan fingerprint density at radius 1 is 1.36 bits per heavy atom. The lowest BCUT2D eigenvalue weighted by Gasteiger charge is -1.96. The lowest BCUT2D eigenvalue weighted by molar-refractivity contribution is 1.09. The van der Waals surface area contributed by atoms with Gasteiger partial charge in [-0.2, -0.15) is 5.10 Å². The van der Waals surface area contributed by atoms with Crippen molar-refractivity contribution in [2.24, 2.45) is 0 Å². The van der Waals surface area contributed by atoms with Crippen molar-refractivity contribution in [3.63, 3.8) is 0 Å². The second-order valence-electron chi connectivity index (χ2n) is 2.93. The minimum Gasteiger partial charge on any atom is -0.372 e. The van der Waals surface area contributed by atoms with E-state index in [9.17, 15) is 0 Å². The van der Waals surface area contributed by atoms with Crippen LogP contribution in [0.25, 0.3) is 11.3 Å². The largest absolute Gasteiger partial charge is 0.372 e. The van der Waals surface area contributed by atoms with Crippen molar-refractivity contribution in [3.8, 4) is 11.3 Å². The van der Waals surface area contributed by atoms with E-state index >= 15 is 0 Å². The van der Waals surface area contributed by atoms with Crippen LogP contribution in [-0.2, 0) is 0 Å². The number of aromatic amines is 1. The van der Waals surface area contributed by atoms with Gasteiger partial charge in [-0.3, -0.25) is 5.10 Å². The zero-order valence-corrected chi connectivity index (χ0v) is 8.47. The lowest BCUT2D eigenvalue weighted by Crippen LogP contribution is -1.85. The molecular weight excluding hydrogens is 198 g/mol. The molecule has 0 saturated carbocycles. The van der Waals surface area contributed by atoms with Crippen molar-refractivity contribution in [1.29, 1.82) is 0 Å². The topological polar surface area (TPSA) is 40.7 Å². The molecule has 1 aromatic heterocycles. The quantitative estimate of drug-likeness (QED) is 0.795. The summed E-state index contributed by atoms with van der Waals surface area (Å²) in [6.45, 7) is 0. The zero-order chi connectivity index (χ0) is 9.97. The SMILES string of the molecule is CNc1cc(-c2cccc(Cl)c2)[nH]n1. The van der Waals surface area contributed by atoms with Gasteiger partial charge in [-0.1, -0.05) is 23.7 Å². The summed E-state index contributed by atoms with van der Waals surface area (Å²) >= 11 is 5.89. The average Bonchev–Trinajstić information content (AvgIpc) is 2.66. The maximum atomic E-state index is 5.89. The van der Waals surface area contributed by atoms with Crippen molar-refractivity contribution in [2.75, 3.05) is 12.4 Å². The van der Waals surface area contributed by atoms with Crippen LogP contribution in [0.15, 0.2) is 30.3 Å². The average molecular weight is 208 g/mol. The van der Waals surface area contributed by atoms with Crippen LogP contribution in [0.5, 0.6) is 0 Å². The first-order valence-corrected chi connectivity index (χ1v) is 4.66. The van der Waals surface area contributed by atoms with Crippen LogP contribution in [0.2, 0.25) is 5.02 Å². The molecular formula is C10H10ClN3. The number of H-pyrrole nitrogens is 1. The van der Waals surface area contributed by atoms with Gasteiger partial charge in [0.15, 0.2) is 0 Å². The van der Waals surface area contributed by atoms with Gasteiger partial charge in [-0.05, 0) is 12.1 Å². The third kappa shape index (κ3) is 1.72. The normalized spacial score (nSPS) is 10.1. The first-order valence-electron chi connectivity index (χ1n) is 4.28. The molecule has 0 fully saturated rings. The summed E-state index contributed by atoms with van der Waals surface area (Å²) in [6, 6.07) is 9.58. The Bertz CT molecular complexity index is 436. The predicted molar refractivity (Wildman–Crippen MR) is 58.6 cm³/mol. The third-order valence-corrected chi connectivity index (χ3v) is 2.20. The summed E-state index contributed by atoms with van der Waals surface area (Å²) in [5.74, 6) is 0.819. The number of hydrogen-bond donors (Lipinski definition) is 2. The summed E-state index contributed by atoms with van der Waals surface area (Å²) in [5, 5.41) is 10.7. The van der Waals surface area contributed by atoms with E-state index in [0.29, 0.717) is 0 Å². The van der Waals surface area contributed by atoms with Crippen LogP contribution in [0, 0.1) is 0 Å². The fraction of sp³-hybridized carbons (Fsp3) is 0.100. The van der Waals surface area contributed by atoms with Gasteiger partial charge < -0.3 is 5.32 Å².